The standard InChI is InChI=1S/C29H48O2/c1-19(2)22(31)17-25(4)13-16-29(8)24-11-12-27(6)20(3)21(30)9-10-23(27)28(24,7)15-14-26(29,5)18-25/h20,22-24,31H,1,9-18H2,2-8H3/t20-,22+,23+,24-,25-,26-,27+,28-,29+/m0/s1. The van der Waals surface area contributed by atoms with Crippen LogP contribution in [-0.2, 0) is 4.79 Å². The molecule has 4 aliphatic rings. The summed E-state index contributed by atoms with van der Waals surface area (Å²) in [5.74, 6) is 2.18. The van der Waals surface area contributed by atoms with E-state index in [0.717, 1.165) is 30.8 Å². The van der Waals surface area contributed by atoms with Crippen molar-refractivity contribution < 1.29 is 9.90 Å². The van der Waals surface area contributed by atoms with Gasteiger partial charge in [-0.3, -0.25) is 4.79 Å². The molecule has 1 N–H and O–H groups in total. The molecule has 0 unspecified atom stereocenters. The normalized spacial score (nSPS) is 53.2. The molecule has 0 aromatic heterocycles. The molecule has 4 aliphatic carbocycles. The van der Waals surface area contributed by atoms with Gasteiger partial charge < -0.3 is 5.11 Å². The highest BCUT2D eigenvalue weighted by Gasteiger charge is 2.67. The van der Waals surface area contributed by atoms with Crippen LogP contribution in [0, 0.1) is 44.8 Å². The fourth-order valence-corrected chi connectivity index (χ4v) is 9.82. The molecule has 4 rings (SSSR count). The van der Waals surface area contributed by atoms with E-state index in [1.54, 1.807) is 0 Å². The Balaban J connectivity index is 1.64. The van der Waals surface area contributed by atoms with Crippen molar-refractivity contribution in [2.75, 3.05) is 0 Å². The predicted octanol–water partition coefficient (Wildman–Crippen LogP) is 7.35. The van der Waals surface area contributed by atoms with Gasteiger partial charge in [-0.05, 0) is 104 Å². The molecule has 0 aromatic carbocycles. The molecule has 0 amide bonds. The van der Waals surface area contributed by atoms with E-state index in [4.69, 9.17) is 0 Å². The zero-order valence-electron chi connectivity index (χ0n) is 21.4. The maximum absolute atomic E-state index is 12.6. The van der Waals surface area contributed by atoms with Crippen LogP contribution in [0.5, 0.6) is 0 Å². The minimum Gasteiger partial charge on any atom is -0.389 e. The van der Waals surface area contributed by atoms with Crippen LogP contribution >= 0.6 is 0 Å². The zero-order chi connectivity index (χ0) is 23.0. The van der Waals surface area contributed by atoms with E-state index in [1.165, 1.54) is 44.9 Å². The Hall–Kier alpha value is -0.630. The van der Waals surface area contributed by atoms with E-state index in [2.05, 4.69) is 48.1 Å². The van der Waals surface area contributed by atoms with E-state index in [0.29, 0.717) is 27.9 Å². The number of fused-ring (bicyclic) bond motifs is 5. The molecule has 0 aromatic rings. The number of Topliss-reactive ketones (excluding diaryl/α,β-unsaturated/α-hetero) is 1. The monoisotopic (exact) mass is 428 g/mol. The van der Waals surface area contributed by atoms with Crippen LogP contribution in [0.2, 0.25) is 0 Å². The second-order valence-electron chi connectivity index (χ2n) is 13.9. The molecule has 0 bridgehead atoms. The van der Waals surface area contributed by atoms with Gasteiger partial charge in [-0.1, -0.05) is 53.7 Å². The SMILES string of the molecule is C=C(C)[C@H](O)C[C@]1(C)CC[C@]2(C)[C@H]3CC[C@@]4(C)[C@@H](CCC(=O)[C@@H]4C)[C@]3(C)CC[C@@]2(C)C1. The summed E-state index contributed by atoms with van der Waals surface area (Å²) in [5.41, 5.74) is 2.36. The van der Waals surface area contributed by atoms with E-state index in [-0.39, 0.29) is 22.9 Å². The van der Waals surface area contributed by atoms with Gasteiger partial charge >= 0.3 is 0 Å². The summed E-state index contributed by atoms with van der Waals surface area (Å²) in [6.45, 7) is 20.9. The highest BCUT2D eigenvalue weighted by atomic mass is 16.3. The first-order valence-electron chi connectivity index (χ1n) is 13.1. The minimum absolute atomic E-state index is 0.194. The van der Waals surface area contributed by atoms with Crippen molar-refractivity contribution >= 4 is 5.78 Å². The second kappa shape index (κ2) is 7.18. The lowest BCUT2D eigenvalue weighted by Gasteiger charge is -2.72. The average molecular weight is 429 g/mol. The molecule has 0 heterocycles. The number of aliphatic hydroxyl groups is 1. The number of hydrogen-bond donors (Lipinski definition) is 1. The molecule has 2 nitrogen and oxygen atoms in total. The third kappa shape index (κ3) is 3.24. The molecule has 176 valence electrons. The summed E-state index contributed by atoms with van der Waals surface area (Å²) in [5, 5.41) is 10.6. The number of hydrogen-bond acceptors (Lipinski definition) is 2. The van der Waals surface area contributed by atoms with Gasteiger partial charge in [-0.25, -0.2) is 0 Å². The van der Waals surface area contributed by atoms with Crippen molar-refractivity contribution in [1.82, 2.24) is 0 Å². The number of ketones is 1. The average Bonchev–Trinajstić information content (AvgIpc) is 2.67. The molecule has 9 atom stereocenters. The first-order valence-corrected chi connectivity index (χ1v) is 13.1. The van der Waals surface area contributed by atoms with Crippen LogP contribution < -0.4 is 0 Å². The molecule has 0 aliphatic heterocycles. The topological polar surface area (TPSA) is 37.3 Å². The van der Waals surface area contributed by atoms with Crippen LogP contribution in [0.25, 0.3) is 0 Å². The van der Waals surface area contributed by atoms with Crippen LogP contribution in [-0.4, -0.2) is 17.0 Å². The summed E-state index contributed by atoms with van der Waals surface area (Å²) >= 11 is 0. The molecule has 0 radical (unpaired) electrons. The van der Waals surface area contributed by atoms with Crippen molar-refractivity contribution in [2.24, 2.45) is 44.8 Å². The van der Waals surface area contributed by atoms with Gasteiger partial charge in [0, 0.05) is 12.3 Å². The van der Waals surface area contributed by atoms with Crippen LogP contribution in [0.3, 0.4) is 0 Å². The van der Waals surface area contributed by atoms with Gasteiger partial charge in [0.1, 0.15) is 5.78 Å². The number of carbonyl (C=O) groups excluding carboxylic acids is 1. The lowest BCUT2D eigenvalue weighted by molar-refractivity contribution is -0.226. The van der Waals surface area contributed by atoms with Crippen molar-refractivity contribution in [3.63, 3.8) is 0 Å². The Morgan fingerprint density at radius 3 is 2.32 bits per heavy atom. The van der Waals surface area contributed by atoms with Crippen LogP contribution in [0.15, 0.2) is 12.2 Å². The van der Waals surface area contributed by atoms with E-state index in [1.807, 2.05) is 6.92 Å². The largest absolute Gasteiger partial charge is 0.389 e. The summed E-state index contributed by atoms with van der Waals surface area (Å²) in [4.78, 5) is 12.6. The third-order valence-corrected chi connectivity index (χ3v) is 12.2. The molecule has 31 heavy (non-hydrogen) atoms. The molecule has 0 saturated heterocycles. The van der Waals surface area contributed by atoms with Gasteiger partial charge in [0.15, 0.2) is 0 Å². The maximum Gasteiger partial charge on any atom is 0.136 e. The van der Waals surface area contributed by atoms with Crippen molar-refractivity contribution in [3.05, 3.63) is 12.2 Å². The Bertz CT molecular complexity index is 771. The third-order valence-electron chi connectivity index (χ3n) is 12.2. The summed E-state index contributed by atoms with van der Waals surface area (Å²) in [7, 11) is 0. The van der Waals surface area contributed by atoms with Crippen LogP contribution in [0.1, 0.15) is 113 Å². The van der Waals surface area contributed by atoms with Crippen molar-refractivity contribution in [2.45, 2.75) is 119 Å². The highest BCUT2D eigenvalue weighted by molar-refractivity contribution is 5.82. The first-order chi connectivity index (χ1) is 14.2. The van der Waals surface area contributed by atoms with Gasteiger partial charge in [0.25, 0.3) is 0 Å². The van der Waals surface area contributed by atoms with E-state index < -0.39 is 0 Å². The minimum atomic E-state index is -0.372. The van der Waals surface area contributed by atoms with E-state index >= 15 is 0 Å². The zero-order valence-corrected chi connectivity index (χ0v) is 21.4. The van der Waals surface area contributed by atoms with Crippen molar-refractivity contribution in [3.8, 4) is 0 Å². The smallest absolute Gasteiger partial charge is 0.136 e. The second-order valence-corrected chi connectivity index (χ2v) is 13.9. The molecular formula is C29H48O2. The maximum atomic E-state index is 12.6. The quantitative estimate of drug-likeness (QED) is 0.477. The molecule has 0 spiro atoms. The fraction of sp³-hybridized carbons (Fsp3) is 0.897. The molecular weight excluding hydrogens is 380 g/mol. The summed E-state index contributed by atoms with van der Waals surface area (Å²) < 4.78 is 0. The van der Waals surface area contributed by atoms with E-state index in [9.17, 15) is 9.90 Å². The Kier molecular flexibility index (Phi) is 5.45. The van der Waals surface area contributed by atoms with Gasteiger partial charge in [0.05, 0.1) is 6.10 Å². The molecule has 2 heteroatoms. The Morgan fingerprint density at radius 1 is 1.00 bits per heavy atom. The summed E-state index contributed by atoms with van der Waals surface area (Å²) in [6.07, 6.45) is 11.2. The Morgan fingerprint density at radius 2 is 1.68 bits per heavy atom. The van der Waals surface area contributed by atoms with Crippen molar-refractivity contribution in [1.29, 1.82) is 0 Å². The highest BCUT2D eigenvalue weighted by Crippen LogP contribution is 2.75. The lowest BCUT2D eigenvalue weighted by atomic mass is 9.33. The fourth-order valence-electron chi connectivity index (χ4n) is 9.82. The summed E-state index contributed by atoms with van der Waals surface area (Å²) in [6, 6.07) is 0. The van der Waals surface area contributed by atoms with Gasteiger partial charge in [-0.2, -0.15) is 0 Å². The van der Waals surface area contributed by atoms with Gasteiger partial charge in [0.2, 0.25) is 0 Å². The first kappa shape index (κ1) is 23.5. The predicted molar refractivity (Wildman–Crippen MR) is 129 cm³/mol. The number of rotatable bonds is 3. The van der Waals surface area contributed by atoms with Crippen LogP contribution in [0.4, 0.5) is 0 Å². The number of carbonyl (C=O) groups is 1. The van der Waals surface area contributed by atoms with Gasteiger partial charge in [-0.15, -0.1) is 0 Å². The number of aliphatic hydroxyl groups excluding tert-OH is 1. The Labute approximate surface area is 191 Å². The lowest BCUT2D eigenvalue weighted by Crippen LogP contribution is -2.64. The molecule has 4 saturated carbocycles. The molecule has 4 fully saturated rings.